The van der Waals surface area contributed by atoms with E-state index >= 15 is 0 Å². The SMILES string of the molecule is OCC(F)(F)C(F)(F)C(F)(F)C(F)(F)OC(F)=C(F)F. The van der Waals surface area contributed by atoms with Crippen LogP contribution in [0.4, 0.5) is 48.3 Å². The molecule has 0 aliphatic rings. The molecule has 0 fully saturated rings. The van der Waals surface area contributed by atoms with E-state index in [0.717, 1.165) is 0 Å². The Bertz CT molecular complexity index is 384. The maximum absolute atomic E-state index is 12.6. The van der Waals surface area contributed by atoms with Crippen molar-refractivity contribution in [3.63, 3.8) is 0 Å². The summed E-state index contributed by atoms with van der Waals surface area (Å²) < 4.78 is 137. The molecule has 0 atom stereocenters. The van der Waals surface area contributed by atoms with E-state index in [1.165, 1.54) is 0 Å². The van der Waals surface area contributed by atoms with Crippen LogP contribution in [0, 0.1) is 0 Å². The Morgan fingerprint density at radius 3 is 1.50 bits per heavy atom. The Kier molecular flexibility index (Phi) is 4.92. The maximum atomic E-state index is 12.6. The highest BCUT2D eigenvalue weighted by molar-refractivity contribution is 5.01. The van der Waals surface area contributed by atoms with Gasteiger partial charge in [-0.3, -0.25) is 0 Å². The number of alkyl halides is 8. The Labute approximate surface area is 102 Å². The molecular formula is C7H3F11O2. The molecule has 0 rings (SSSR count). The summed E-state index contributed by atoms with van der Waals surface area (Å²) in [5, 5.41) is 7.78. The minimum Gasteiger partial charge on any atom is -0.397 e. The maximum Gasteiger partial charge on any atom is 0.472 e. The Morgan fingerprint density at radius 1 is 0.800 bits per heavy atom. The first-order valence-corrected chi connectivity index (χ1v) is 4.16. The van der Waals surface area contributed by atoms with Crippen LogP contribution in [0.15, 0.2) is 12.1 Å². The van der Waals surface area contributed by atoms with Gasteiger partial charge in [0, 0.05) is 0 Å². The summed E-state index contributed by atoms with van der Waals surface area (Å²) in [4.78, 5) is 0. The fourth-order valence-corrected chi connectivity index (χ4v) is 0.727. The van der Waals surface area contributed by atoms with E-state index in [4.69, 9.17) is 5.11 Å². The number of rotatable bonds is 6. The average molecular weight is 328 g/mol. The second-order valence-corrected chi connectivity index (χ2v) is 3.16. The standard InChI is InChI=1S/C7H3F11O2/c8-2(9)3(10)20-7(17,18)6(15,16)5(13,14)4(11,12)1-19/h19H,1H2. The summed E-state index contributed by atoms with van der Waals surface area (Å²) in [7, 11) is 0. The van der Waals surface area contributed by atoms with E-state index in [0.29, 0.717) is 0 Å². The molecule has 0 heterocycles. The lowest BCUT2D eigenvalue weighted by Gasteiger charge is -2.34. The molecule has 2 nitrogen and oxygen atoms in total. The number of hydrogen-bond donors (Lipinski definition) is 1. The van der Waals surface area contributed by atoms with Crippen LogP contribution >= 0.6 is 0 Å². The number of aliphatic hydroxyl groups is 1. The van der Waals surface area contributed by atoms with Crippen LogP contribution in [0.1, 0.15) is 0 Å². The van der Waals surface area contributed by atoms with Crippen LogP contribution < -0.4 is 0 Å². The minimum absolute atomic E-state index is 1.97. The third-order valence-electron chi connectivity index (χ3n) is 1.78. The normalized spacial score (nSPS) is 14.2. The Morgan fingerprint density at radius 2 is 1.20 bits per heavy atom. The molecule has 0 aromatic heterocycles. The first kappa shape index (κ1) is 18.7. The van der Waals surface area contributed by atoms with E-state index in [-0.39, 0.29) is 0 Å². The second kappa shape index (κ2) is 5.26. The van der Waals surface area contributed by atoms with Crippen molar-refractivity contribution in [2.45, 2.75) is 23.9 Å². The lowest BCUT2D eigenvalue weighted by molar-refractivity contribution is -0.425. The highest BCUT2D eigenvalue weighted by Crippen LogP contribution is 2.53. The van der Waals surface area contributed by atoms with Crippen LogP contribution in [-0.4, -0.2) is 35.6 Å². The smallest absolute Gasteiger partial charge is 0.397 e. The zero-order chi connectivity index (χ0) is 16.6. The van der Waals surface area contributed by atoms with E-state index in [9.17, 15) is 48.3 Å². The molecule has 13 heteroatoms. The van der Waals surface area contributed by atoms with Crippen LogP contribution in [-0.2, 0) is 4.74 Å². The van der Waals surface area contributed by atoms with Crippen molar-refractivity contribution in [3.05, 3.63) is 12.1 Å². The number of halogens is 11. The molecule has 1 N–H and O–H groups in total. The van der Waals surface area contributed by atoms with Gasteiger partial charge in [0.25, 0.3) is 0 Å². The molecule has 0 spiro atoms. The zero-order valence-electron chi connectivity index (χ0n) is 8.72. The van der Waals surface area contributed by atoms with Gasteiger partial charge in [0.2, 0.25) is 0 Å². The minimum atomic E-state index is -7.11. The summed E-state index contributed by atoms with van der Waals surface area (Å²) in [5.41, 5.74) is 0. The van der Waals surface area contributed by atoms with Crippen LogP contribution in [0.2, 0.25) is 0 Å². The van der Waals surface area contributed by atoms with Crippen LogP contribution in [0.5, 0.6) is 0 Å². The van der Waals surface area contributed by atoms with E-state index in [1.807, 2.05) is 4.74 Å². The van der Waals surface area contributed by atoms with Gasteiger partial charge in [-0.1, -0.05) is 0 Å². The monoisotopic (exact) mass is 328 g/mol. The number of ether oxygens (including phenoxy) is 1. The quantitative estimate of drug-likeness (QED) is 0.597. The van der Waals surface area contributed by atoms with E-state index < -0.39 is 42.6 Å². The fourth-order valence-electron chi connectivity index (χ4n) is 0.727. The molecule has 0 aliphatic heterocycles. The van der Waals surface area contributed by atoms with Gasteiger partial charge in [-0.25, -0.2) is 0 Å². The molecule has 0 amide bonds. The molecular weight excluding hydrogens is 325 g/mol. The van der Waals surface area contributed by atoms with Crippen molar-refractivity contribution in [2.24, 2.45) is 0 Å². The summed E-state index contributed by atoms with van der Waals surface area (Å²) in [5.74, 6) is -20.1. The van der Waals surface area contributed by atoms with E-state index in [2.05, 4.69) is 0 Å². The van der Waals surface area contributed by atoms with Crippen molar-refractivity contribution < 1.29 is 58.1 Å². The molecule has 0 aromatic carbocycles. The zero-order valence-corrected chi connectivity index (χ0v) is 8.72. The summed E-state index contributed by atoms with van der Waals surface area (Å²) in [6.07, 6.45) is -10.5. The summed E-state index contributed by atoms with van der Waals surface area (Å²) in [6, 6.07) is -3.65. The molecule has 0 aliphatic carbocycles. The van der Waals surface area contributed by atoms with Gasteiger partial charge in [-0.2, -0.15) is 48.3 Å². The largest absolute Gasteiger partial charge is 0.472 e. The fraction of sp³-hybridized carbons (Fsp3) is 0.714. The van der Waals surface area contributed by atoms with Crippen molar-refractivity contribution >= 4 is 0 Å². The molecule has 0 saturated heterocycles. The van der Waals surface area contributed by atoms with Crippen LogP contribution in [0.3, 0.4) is 0 Å². The Hall–Kier alpha value is -1.27. The number of hydrogen-bond acceptors (Lipinski definition) is 2. The van der Waals surface area contributed by atoms with E-state index in [1.54, 1.807) is 0 Å². The van der Waals surface area contributed by atoms with Gasteiger partial charge in [-0.05, 0) is 0 Å². The molecule has 0 unspecified atom stereocenters. The first-order valence-electron chi connectivity index (χ1n) is 4.16. The molecule has 0 bridgehead atoms. The highest BCUT2D eigenvalue weighted by Gasteiger charge is 2.82. The first-order chi connectivity index (χ1) is 8.64. The lowest BCUT2D eigenvalue weighted by atomic mass is 10.0. The van der Waals surface area contributed by atoms with Gasteiger partial charge in [0.1, 0.15) is 6.61 Å². The number of aliphatic hydroxyl groups excluding tert-OH is 1. The highest BCUT2D eigenvalue weighted by atomic mass is 19.4. The lowest BCUT2D eigenvalue weighted by Crippen LogP contribution is -2.63. The molecule has 0 radical (unpaired) electrons. The third kappa shape index (κ3) is 2.91. The van der Waals surface area contributed by atoms with Gasteiger partial charge >= 0.3 is 36.0 Å². The van der Waals surface area contributed by atoms with Gasteiger partial charge in [0.15, 0.2) is 0 Å². The van der Waals surface area contributed by atoms with Crippen molar-refractivity contribution in [2.75, 3.05) is 6.61 Å². The molecule has 20 heavy (non-hydrogen) atoms. The van der Waals surface area contributed by atoms with Crippen molar-refractivity contribution in [1.82, 2.24) is 0 Å². The predicted octanol–water partition coefficient (Wildman–Crippen LogP) is 3.53. The molecule has 0 saturated carbocycles. The molecule has 120 valence electrons. The third-order valence-corrected chi connectivity index (χ3v) is 1.78. The predicted molar refractivity (Wildman–Crippen MR) is 38.3 cm³/mol. The topological polar surface area (TPSA) is 29.5 Å². The van der Waals surface area contributed by atoms with Gasteiger partial charge in [0.05, 0.1) is 0 Å². The average Bonchev–Trinajstić information content (AvgIpc) is 2.27. The second-order valence-electron chi connectivity index (χ2n) is 3.16. The van der Waals surface area contributed by atoms with Crippen LogP contribution in [0.25, 0.3) is 0 Å². The summed E-state index contributed by atoms with van der Waals surface area (Å²) in [6.45, 7) is -2.97. The van der Waals surface area contributed by atoms with Crippen molar-refractivity contribution in [1.29, 1.82) is 0 Å². The Balaban J connectivity index is 5.67. The summed E-state index contributed by atoms with van der Waals surface area (Å²) >= 11 is 0. The molecule has 0 aromatic rings. The van der Waals surface area contributed by atoms with Gasteiger partial charge in [-0.15, -0.1) is 0 Å². The van der Waals surface area contributed by atoms with Gasteiger partial charge < -0.3 is 9.84 Å². The van der Waals surface area contributed by atoms with Crippen molar-refractivity contribution in [3.8, 4) is 0 Å².